The van der Waals surface area contributed by atoms with E-state index in [-0.39, 0.29) is 0 Å². The maximum absolute atomic E-state index is 11.2. The maximum atomic E-state index is 11.2. The van der Waals surface area contributed by atoms with Crippen LogP contribution in [-0.2, 0) is 6.42 Å². The van der Waals surface area contributed by atoms with E-state index in [4.69, 9.17) is 0 Å². The minimum absolute atomic E-state index is 0.433. The van der Waals surface area contributed by atoms with Gasteiger partial charge in [0.05, 0.1) is 5.56 Å². The van der Waals surface area contributed by atoms with Crippen LogP contribution < -0.4 is 0 Å². The second-order valence-electron chi connectivity index (χ2n) is 5.30. The van der Waals surface area contributed by atoms with Crippen LogP contribution in [0.5, 0.6) is 0 Å². The van der Waals surface area contributed by atoms with Crippen LogP contribution >= 0.6 is 15.9 Å². The van der Waals surface area contributed by atoms with E-state index < -0.39 is 5.97 Å². The van der Waals surface area contributed by atoms with Crippen molar-refractivity contribution < 1.29 is 9.90 Å². The van der Waals surface area contributed by atoms with Crippen molar-refractivity contribution in [2.24, 2.45) is 0 Å². The molecule has 0 fully saturated rings. The molecule has 1 rings (SSSR count). The van der Waals surface area contributed by atoms with Crippen molar-refractivity contribution in [2.75, 3.05) is 0 Å². The highest BCUT2D eigenvalue weighted by molar-refractivity contribution is 9.10. The number of hydrogen-bond donors (Lipinski definition) is 1. The molecule has 1 aromatic carbocycles. The first kappa shape index (κ1) is 17.2. The number of rotatable bonds is 10. The minimum atomic E-state index is -0.833. The zero-order valence-corrected chi connectivity index (χ0v) is 13.9. The zero-order valence-electron chi connectivity index (χ0n) is 12.3. The Morgan fingerprint density at radius 1 is 1.05 bits per heavy atom. The Kier molecular flexibility index (Phi) is 8.59. The third-order valence-corrected chi connectivity index (χ3v) is 4.37. The van der Waals surface area contributed by atoms with E-state index in [9.17, 15) is 9.90 Å². The highest BCUT2D eigenvalue weighted by Gasteiger charge is 2.11. The first-order valence-corrected chi connectivity index (χ1v) is 8.46. The van der Waals surface area contributed by atoms with E-state index >= 15 is 0 Å². The van der Waals surface area contributed by atoms with Gasteiger partial charge in [-0.2, -0.15) is 0 Å². The summed E-state index contributed by atoms with van der Waals surface area (Å²) in [6, 6.07) is 5.39. The van der Waals surface area contributed by atoms with E-state index in [0.29, 0.717) is 5.56 Å². The first-order valence-electron chi connectivity index (χ1n) is 7.67. The number of hydrogen-bond acceptors (Lipinski definition) is 1. The van der Waals surface area contributed by atoms with Crippen molar-refractivity contribution in [3.8, 4) is 0 Å². The Morgan fingerprint density at radius 3 is 2.25 bits per heavy atom. The van der Waals surface area contributed by atoms with Gasteiger partial charge < -0.3 is 5.11 Å². The van der Waals surface area contributed by atoms with Gasteiger partial charge in [0, 0.05) is 4.47 Å². The highest BCUT2D eigenvalue weighted by atomic mass is 79.9. The summed E-state index contributed by atoms with van der Waals surface area (Å²) in [6.45, 7) is 2.23. The van der Waals surface area contributed by atoms with Crippen molar-refractivity contribution >= 4 is 21.9 Å². The summed E-state index contributed by atoms with van der Waals surface area (Å²) in [5, 5.41) is 9.19. The van der Waals surface area contributed by atoms with Gasteiger partial charge in [0.2, 0.25) is 0 Å². The smallest absolute Gasteiger partial charge is 0.336 e. The average molecular weight is 341 g/mol. The SMILES string of the molecule is CCCCCCCCCCc1c(Br)cccc1C(=O)O. The van der Waals surface area contributed by atoms with Crippen molar-refractivity contribution in [2.45, 2.75) is 64.7 Å². The van der Waals surface area contributed by atoms with Crippen molar-refractivity contribution in [3.05, 3.63) is 33.8 Å². The van der Waals surface area contributed by atoms with Crippen LogP contribution in [-0.4, -0.2) is 11.1 Å². The third kappa shape index (κ3) is 6.08. The Morgan fingerprint density at radius 2 is 1.65 bits per heavy atom. The topological polar surface area (TPSA) is 37.3 Å². The summed E-state index contributed by atoms with van der Waals surface area (Å²) in [4.78, 5) is 11.2. The molecule has 0 amide bonds. The second-order valence-corrected chi connectivity index (χ2v) is 6.15. The largest absolute Gasteiger partial charge is 0.478 e. The van der Waals surface area contributed by atoms with Gasteiger partial charge in [0.1, 0.15) is 0 Å². The molecule has 0 aliphatic heterocycles. The summed E-state index contributed by atoms with van der Waals surface area (Å²) in [7, 11) is 0. The van der Waals surface area contributed by atoms with Gasteiger partial charge in [0.15, 0.2) is 0 Å². The quantitative estimate of drug-likeness (QED) is 0.544. The average Bonchev–Trinajstić information content (AvgIpc) is 2.43. The van der Waals surface area contributed by atoms with Gasteiger partial charge in [-0.25, -0.2) is 4.79 Å². The minimum Gasteiger partial charge on any atom is -0.478 e. The molecule has 112 valence electrons. The number of benzene rings is 1. The Labute approximate surface area is 130 Å². The molecule has 0 saturated carbocycles. The van der Waals surface area contributed by atoms with Crippen LogP contribution in [0.25, 0.3) is 0 Å². The molecule has 0 aliphatic rings. The van der Waals surface area contributed by atoms with Gasteiger partial charge in [-0.1, -0.05) is 73.9 Å². The molecule has 0 bridgehead atoms. The number of carboxylic acids is 1. The van der Waals surface area contributed by atoms with Crippen LogP contribution in [0.3, 0.4) is 0 Å². The monoisotopic (exact) mass is 340 g/mol. The fourth-order valence-electron chi connectivity index (χ4n) is 2.45. The van der Waals surface area contributed by atoms with E-state index in [0.717, 1.165) is 22.9 Å². The molecule has 0 spiro atoms. The maximum Gasteiger partial charge on any atom is 0.336 e. The molecule has 0 radical (unpaired) electrons. The predicted octanol–water partition coefficient (Wildman–Crippen LogP) is 5.83. The van der Waals surface area contributed by atoms with Crippen LogP contribution in [0, 0.1) is 0 Å². The molecule has 2 nitrogen and oxygen atoms in total. The Balaban J connectivity index is 2.30. The Bertz CT molecular complexity index is 415. The zero-order chi connectivity index (χ0) is 14.8. The third-order valence-electron chi connectivity index (χ3n) is 3.63. The van der Waals surface area contributed by atoms with Crippen LogP contribution in [0.2, 0.25) is 0 Å². The van der Waals surface area contributed by atoms with Crippen LogP contribution in [0.1, 0.15) is 74.2 Å². The molecule has 0 aromatic heterocycles. The number of aromatic carboxylic acids is 1. The Hall–Kier alpha value is -0.830. The van der Waals surface area contributed by atoms with Gasteiger partial charge in [-0.05, 0) is 30.5 Å². The fourth-order valence-corrected chi connectivity index (χ4v) is 3.01. The molecule has 0 saturated heterocycles. The normalized spacial score (nSPS) is 10.7. The molecular formula is C17H25BrO2. The van der Waals surface area contributed by atoms with Crippen molar-refractivity contribution in [1.29, 1.82) is 0 Å². The van der Waals surface area contributed by atoms with Gasteiger partial charge in [-0.3, -0.25) is 0 Å². The number of halogens is 1. The summed E-state index contributed by atoms with van der Waals surface area (Å²) < 4.78 is 0.917. The number of unbranched alkanes of at least 4 members (excludes halogenated alkanes) is 7. The van der Waals surface area contributed by atoms with Crippen molar-refractivity contribution in [3.63, 3.8) is 0 Å². The molecular weight excluding hydrogens is 316 g/mol. The molecule has 0 heterocycles. The van der Waals surface area contributed by atoms with Crippen molar-refractivity contribution in [1.82, 2.24) is 0 Å². The first-order chi connectivity index (χ1) is 9.66. The predicted molar refractivity (Wildman–Crippen MR) is 87.4 cm³/mol. The second kappa shape index (κ2) is 9.98. The molecule has 1 N–H and O–H groups in total. The lowest BCUT2D eigenvalue weighted by molar-refractivity contribution is 0.0695. The standard InChI is InChI=1S/C17H25BrO2/c1-2-3-4-5-6-7-8-9-11-14-15(17(19)20)12-10-13-16(14)18/h10,12-13H,2-9,11H2,1H3,(H,19,20). The van der Waals surface area contributed by atoms with Gasteiger partial charge in [0.25, 0.3) is 0 Å². The molecule has 0 aliphatic carbocycles. The molecule has 20 heavy (non-hydrogen) atoms. The molecule has 0 atom stereocenters. The lowest BCUT2D eigenvalue weighted by atomic mass is 10.0. The van der Waals surface area contributed by atoms with Crippen LogP contribution in [0.4, 0.5) is 0 Å². The fraction of sp³-hybridized carbons (Fsp3) is 0.588. The van der Waals surface area contributed by atoms with Gasteiger partial charge in [-0.15, -0.1) is 0 Å². The van der Waals surface area contributed by atoms with Crippen LogP contribution in [0.15, 0.2) is 22.7 Å². The molecule has 1 aromatic rings. The lowest BCUT2D eigenvalue weighted by Gasteiger charge is -2.08. The van der Waals surface area contributed by atoms with E-state index in [1.807, 2.05) is 6.07 Å². The molecule has 0 unspecified atom stereocenters. The summed E-state index contributed by atoms with van der Waals surface area (Å²) in [6.07, 6.45) is 11.0. The summed E-state index contributed by atoms with van der Waals surface area (Å²) in [5.74, 6) is -0.833. The molecule has 3 heteroatoms. The number of carboxylic acid groups (broad SMARTS) is 1. The van der Waals surface area contributed by atoms with E-state index in [1.54, 1.807) is 12.1 Å². The lowest BCUT2D eigenvalue weighted by Crippen LogP contribution is -2.03. The summed E-state index contributed by atoms with van der Waals surface area (Å²) >= 11 is 3.46. The summed E-state index contributed by atoms with van der Waals surface area (Å²) in [5.41, 5.74) is 1.37. The van der Waals surface area contributed by atoms with Gasteiger partial charge >= 0.3 is 5.97 Å². The number of carbonyl (C=O) groups is 1. The van der Waals surface area contributed by atoms with E-state index in [2.05, 4.69) is 22.9 Å². The van der Waals surface area contributed by atoms with E-state index in [1.165, 1.54) is 44.9 Å². The highest BCUT2D eigenvalue weighted by Crippen LogP contribution is 2.23.